The van der Waals surface area contributed by atoms with Gasteiger partial charge in [-0.05, 0) is 68.6 Å². The Morgan fingerprint density at radius 3 is 2.50 bits per heavy atom. The minimum absolute atomic E-state index is 0.491. The molecule has 0 saturated carbocycles. The third-order valence-electron chi connectivity index (χ3n) is 6.71. The molecule has 2 aromatic rings. The molecule has 3 rings (SSSR count). The quantitative estimate of drug-likeness (QED) is 0.679. The van der Waals surface area contributed by atoms with Crippen LogP contribution in [0.4, 0.5) is 0 Å². The Bertz CT molecular complexity index is 808. The maximum absolute atomic E-state index is 12.8. The zero-order valence-electron chi connectivity index (χ0n) is 17.4. The summed E-state index contributed by atoms with van der Waals surface area (Å²) >= 11 is 0. The monoisotopic (exact) mass is 383 g/mol. The van der Waals surface area contributed by atoms with Crippen molar-refractivity contribution < 1.29 is 14.6 Å². The van der Waals surface area contributed by atoms with Crippen molar-refractivity contribution in [1.29, 1.82) is 0 Å². The van der Waals surface area contributed by atoms with Crippen LogP contribution in [0.15, 0.2) is 42.5 Å². The third kappa shape index (κ3) is 3.94. The fraction of sp³-hybridized carbons (Fsp3) is 0.542. The van der Waals surface area contributed by atoms with Gasteiger partial charge in [-0.3, -0.25) is 4.79 Å². The van der Waals surface area contributed by atoms with Gasteiger partial charge in [-0.1, -0.05) is 56.3 Å². The van der Waals surface area contributed by atoms with Crippen molar-refractivity contribution in [2.24, 2.45) is 5.41 Å². The Hall–Kier alpha value is -1.91. The summed E-state index contributed by atoms with van der Waals surface area (Å²) in [4.78, 5) is 15.1. The van der Waals surface area contributed by atoms with Crippen LogP contribution in [0.3, 0.4) is 0 Å². The van der Waals surface area contributed by atoms with Gasteiger partial charge < -0.3 is 14.7 Å². The number of hydrogen-bond donors (Lipinski definition) is 1. The summed E-state index contributed by atoms with van der Waals surface area (Å²) in [5, 5.41) is 12.8. The molecule has 1 heterocycles. The standard InChI is InChI=1S/C24H33NO3/c1-4-25(5-2)15-14-24(22(26)27,23(3)13-8-16-28-23)18-19-11-12-20-9-6-7-10-21(20)17-19/h6-7,9-12,17H,4-5,8,13-16,18H2,1-3H3,(H,26,27). The molecule has 1 fully saturated rings. The van der Waals surface area contributed by atoms with E-state index in [2.05, 4.69) is 49.1 Å². The fourth-order valence-electron chi connectivity index (χ4n) is 4.69. The lowest BCUT2D eigenvalue weighted by Crippen LogP contribution is -2.54. The van der Waals surface area contributed by atoms with Gasteiger partial charge in [0.05, 0.1) is 5.60 Å². The summed E-state index contributed by atoms with van der Waals surface area (Å²) in [7, 11) is 0. The molecule has 1 saturated heterocycles. The second-order valence-corrected chi connectivity index (χ2v) is 8.21. The number of ether oxygens (including phenoxy) is 1. The van der Waals surface area contributed by atoms with Crippen LogP contribution in [0.2, 0.25) is 0 Å². The molecule has 28 heavy (non-hydrogen) atoms. The molecule has 0 aromatic heterocycles. The van der Waals surface area contributed by atoms with Crippen LogP contribution >= 0.6 is 0 Å². The molecule has 2 atom stereocenters. The van der Waals surface area contributed by atoms with Crippen molar-refractivity contribution in [3.63, 3.8) is 0 Å². The van der Waals surface area contributed by atoms with Gasteiger partial charge in [0.15, 0.2) is 0 Å². The lowest BCUT2D eigenvalue weighted by Gasteiger charge is -2.44. The SMILES string of the molecule is CCN(CC)CCC(Cc1ccc2ccccc2c1)(C(=O)O)C1(C)CCCO1. The van der Waals surface area contributed by atoms with E-state index < -0.39 is 17.0 Å². The van der Waals surface area contributed by atoms with Crippen molar-refractivity contribution >= 4 is 16.7 Å². The second-order valence-electron chi connectivity index (χ2n) is 8.21. The van der Waals surface area contributed by atoms with Crippen LogP contribution in [0.1, 0.15) is 45.6 Å². The number of aliphatic carboxylic acids is 1. The predicted octanol–water partition coefficient (Wildman–Crippen LogP) is 4.75. The number of benzene rings is 2. The highest BCUT2D eigenvalue weighted by molar-refractivity contribution is 5.83. The number of nitrogens with zero attached hydrogens (tertiary/aromatic N) is 1. The number of rotatable bonds is 9. The van der Waals surface area contributed by atoms with E-state index in [4.69, 9.17) is 4.74 Å². The average molecular weight is 384 g/mol. The largest absolute Gasteiger partial charge is 0.481 e. The Balaban J connectivity index is 1.98. The van der Waals surface area contributed by atoms with Gasteiger partial charge in [0.1, 0.15) is 5.41 Å². The first-order valence-corrected chi connectivity index (χ1v) is 10.5. The van der Waals surface area contributed by atoms with Crippen molar-refractivity contribution in [3.05, 3.63) is 48.0 Å². The number of carboxylic acids is 1. The molecular weight excluding hydrogens is 350 g/mol. The van der Waals surface area contributed by atoms with Crippen molar-refractivity contribution in [1.82, 2.24) is 4.90 Å². The summed E-state index contributed by atoms with van der Waals surface area (Å²) in [6.45, 7) is 9.55. The van der Waals surface area contributed by atoms with Gasteiger partial charge in [0, 0.05) is 6.61 Å². The molecule has 4 heteroatoms. The van der Waals surface area contributed by atoms with E-state index in [0.29, 0.717) is 19.4 Å². The minimum atomic E-state index is -0.936. The zero-order valence-corrected chi connectivity index (χ0v) is 17.4. The number of hydrogen-bond acceptors (Lipinski definition) is 3. The Morgan fingerprint density at radius 2 is 1.89 bits per heavy atom. The molecule has 0 amide bonds. The topological polar surface area (TPSA) is 49.8 Å². The fourth-order valence-corrected chi connectivity index (χ4v) is 4.69. The lowest BCUT2D eigenvalue weighted by molar-refractivity contribution is -0.171. The van der Waals surface area contributed by atoms with E-state index in [1.165, 1.54) is 5.39 Å². The average Bonchev–Trinajstić information content (AvgIpc) is 3.15. The molecule has 4 nitrogen and oxygen atoms in total. The van der Waals surface area contributed by atoms with Crippen LogP contribution in [-0.4, -0.2) is 47.8 Å². The maximum Gasteiger partial charge on any atom is 0.312 e. The van der Waals surface area contributed by atoms with Crippen molar-refractivity contribution in [2.45, 2.75) is 52.1 Å². The molecule has 1 aliphatic rings. The first-order valence-electron chi connectivity index (χ1n) is 10.5. The molecule has 1 aliphatic heterocycles. The van der Waals surface area contributed by atoms with E-state index in [1.807, 2.05) is 19.1 Å². The van der Waals surface area contributed by atoms with Crippen LogP contribution in [0, 0.1) is 5.41 Å². The van der Waals surface area contributed by atoms with Gasteiger partial charge in [-0.15, -0.1) is 0 Å². The molecule has 0 bridgehead atoms. The highest BCUT2D eigenvalue weighted by Gasteiger charge is 2.56. The normalized spacial score (nSPS) is 21.9. The van der Waals surface area contributed by atoms with Crippen molar-refractivity contribution in [3.8, 4) is 0 Å². The molecule has 152 valence electrons. The minimum Gasteiger partial charge on any atom is -0.481 e. The molecular formula is C24H33NO3. The number of fused-ring (bicyclic) bond motifs is 1. The first-order chi connectivity index (χ1) is 13.4. The summed E-state index contributed by atoms with van der Waals surface area (Å²) in [6, 6.07) is 14.5. The van der Waals surface area contributed by atoms with Crippen LogP contribution in [-0.2, 0) is 16.0 Å². The Labute approximate surface area is 168 Å². The lowest BCUT2D eigenvalue weighted by atomic mass is 9.65. The van der Waals surface area contributed by atoms with E-state index in [0.717, 1.165) is 43.4 Å². The van der Waals surface area contributed by atoms with E-state index in [-0.39, 0.29) is 0 Å². The predicted molar refractivity (Wildman–Crippen MR) is 114 cm³/mol. The summed E-state index contributed by atoms with van der Waals surface area (Å²) in [5.74, 6) is -0.739. The van der Waals surface area contributed by atoms with Gasteiger partial charge >= 0.3 is 5.97 Å². The number of carboxylic acid groups (broad SMARTS) is 1. The highest BCUT2D eigenvalue weighted by atomic mass is 16.5. The zero-order chi connectivity index (χ0) is 20.2. The molecule has 0 aliphatic carbocycles. The summed E-state index contributed by atoms with van der Waals surface area (Å²) in [5.41, 5.74) is -0.510. The molecule has 0 radical (unpaired) electrons. The van der Waals surface area contributed by atoms with Crippen LogP contribution in [0.5, 0.6) is 0 Å². The first kappa shape index (κ1) is 20.8. The summed E-state index contributed by atoms with van der Waals surface area (Å²) in [6.07, 6.45) is 2.80. The summed E-state index contributed by atoms with van der Waals surface area (Å²) < 4.78 is 6.13. The van der Waals surface area contributed by atoms with Gasteiger partial charge in [0.25, 0.3) is 0 Å². The second kappa shape index (κ2) is 8.62. The maximum atomic E-state index is 12.8. The van der Waals surface area contributed by atoms with Gasteiger partial charge in [-0.25, -0.2) is 0 Å². The smallest absolute Gasteiger partial charge is 0.312 e. The third-order valence-corrected chi connectivity index (χ3v) is 6.71. The van der Waals surface area contributed by atoms with E-state index in [1.54, 1.807) is 0 Å². The van der Waals surface area contributed by atoms with Crippen molar-refractivity contribution in [2.75, 3.05) is 26.2 Å². The molecule has 1 N–H and O–H groups in total. The van der Waals surface area contributed by atoms with Crippen LogP contribution in [0.25, 0.3) is 10.8 Å². The molecule has 2 unspecified atom stereocenters. The Kier molecular flexibility index (Phi) is 6.41. The number of carbonyl (C=O) groups is 1. The molecule has 2 aromatic carbocycles. The Morgan fingerprint density at radius 1 is 1.18 bits per heavy atom. The van der Waals surface area contributed by atoms with E-state index in [9.17, 15) is 9.90 Å². The van der Waals surface area contributed by atoms with E-state index >= 15 is 0 Å². The van der Waals surface area contributed by atoms with Crippen LogP contribution < -0.4 is 0 Å². The van der Waals surface area contributed by atoms with Gasteiger partial charge in [-0.2, -0.15) is 0 Å². The van der Waals surface area contributed by atoms with Gasteiger partial charge in [0.2, 0.25) is 0 Å². The highest BCUT2D eigenvalue weighted by Crippen LogP contribution is 2.47. The molecule has 0 spiro atoms.